The van der Waals surface area contributed by atoms with Gasteiger partial charge in [-0.1, -0.05) is 84.0 Å². The molecule has 236 valence electrons. The van der Waals surface area contributed by atoms with E-state index < -0.39 is 79.8 Å². The largest absolute Gasteiger partial charge is 0.457 e. The lowest BCUT2D eigenvalue weighted by molar-refractivity contribution is -0.318. The van der Waals surface area contributed by atoms with Crippen molar-refractivity contribution < 1.29 is 54.8 Å². The van der Waals surface area contributed by atoms with Crippen LogP contribution in [0.25, 0.3) is 0 Å². The number of rotatable bonds is 18. The molecule has 2 rings (SSSR count). The normalized spacial score (nSPS) is 36.5. The zero-order chi connectivity index (χ0) is 29.7. The quantitative estimate of drug-likeness (QED) is 0.0795. The van der Waals surface area contributed by atoms with Crippen LogP contribution >= 0.6 is 0 Å². The number of aliphatic hydroxyl groups is 7. The van der Waals surface area contributed by atoms with Gasteiger partial charge in [0.1, 0.15) is 48.8 Å². The molecule has 1 saturated heterocycles. The Morgan fingerprint density at radius 3 is 1.65 bits per heavy atom. The van der Waals surface area contributed by atoms with Crippen molar-refractivity contribution in [3.8, 4) is 0 Å². The Balaban J connectivity index is 1.78. The number of nitrogens with two attached hydrogens (primary N) is 1. The smallest absolute Gasteiger partial charge is 0.306 e. The van der Waals surface area contributed by atoms with Crippen molar-refractivity contribution in [3.05, 3.63) is 0 Å². The summed E-state index contributed by atoms with van der Waals surface area (Å²) in [5, 5.41) is 71.1. The van der Waals surface area contributed by atoms with E-state index in [1.54, 1.807) is 0 Å². The lowest BCUT2D eigenvalue weighted by atomic mass is 9.84. The van der Waals surface area contributed by atoms with Gasteiger partial charge in [-0.3, -0.25) is 4.79 Å². The first-order valence-electron chi connectivity index (χ1n) is 15.1. The molecule has 9 N–H and O–H groups in total. The summed E-state index contributed by atoms with van der Waals surface area (Å²) in [7, 11) is 0. The van der Waals surface area contributed by atoms with Crippen LogP contribution < -0.4 is 5.73 Å². The Kier molecular flexibility index (Phi) is 16.4. The van der Waals surface area contributed by atoms with Crippen LogP contribution in [0.15, 0.2) is 0 Å². The number of esters is 1. The summed E-state index contributed by atoms with van der Waals surface area (Å²) >= 11 is 0. The molecule has 1 heterocycles. The SMILES string of the molecule is CCCCCCCCCCCCCCCC(=O)O[C@@H]1[C@@H](O)[C@H](O)[C@@H](O)[C@H](O)[C@H]1O[C@H]1O[C@H](CO)[C@@H](O)[C@H](O)[C@H]1N. The second-order valence-corrected chi connectivity index (χ2v) is 11.3. The highest BCUT2D eigenvalue weighted by molar-refractivity contribution is 5.69. The van der Waals surface area contributed by atoms with E-state index in [0.29, 0.717) is 6.42 Å². The van der Waals surface area contributed by atoms with E-state index in [1.165, 1.54) is 57.8 Å². The molecule has 11 atom stereocenters. The predicted octanol–water partition coefficient (Wildman–Crippen LogP) is -0.0118. The van der Waals surface area contributed by atoms with Gasteiger partial charge in [-0.2, -0.15) is 0 Å². The molecule has 0 aromatic carbocycles. The highest BCUT2D eigenvalue weighted by Crippen LogP contribution is 2.30. The third-order valence-electron chi connectivity index (χ3n) is 8.02. The molecule has 12 nitrogen and oxygen atoms in total. The van der Waals surface area contributed by atoms with Crippen molar-refractivity contribution in [2.75, 3.05) is 6.61 Å². The minimum atomic E-state index is -1.83. The summed E-state index contributed by atoms with van der Waals surface area (Å²) < 4.78 is 16.4. The second kappa shape index (κ2) is 18.6. The Morgan fingerprint density at radius 2 is 1.15 bits per heavy atom. The van der Waals surface area contributed by atoms with Gasteiger partial charge >= 0.3 is 5.97 Å². The summed E-state index contributed by atoms with van der Waals surface area (Å²) in [6, 6.07) is -1.33. The fourth-order valence-corrected chi connectivity index (χ4v) is 5.35. The maximum absolute atomic E-state index is 12.6. The first-order chi connectivity index (χ1) is 19.1. The zero-order valence-corrected chi connectivity index (χ0v) is 23.8. The average Bonchev–Trinajstić information content (AvgIpc) is 2.94. The first kappa shape index (κ1) is 35.3. The highest BCUT2D eigenvalue weighted by atomic mass is 16.7. The second-order valence-electron chi connectivity index (χ2n) is 11.3. The molecule has 1 aliphatic carbocycles. The molecule has 0 amide bonds. The number of carbonyl (C=O) groups is 1. The van der Waals surface area contributed by atoms with E-state index in [9.17, 15) is 40.5 Å². The van der Waals surface area contributed by atoms with Crippen LogP contribution in [-0.2, 0) is 19.0 Å². The molecule has 2 fully saturated rings. The lowest BCUT2D eigenvalue weighted by Crippen LogP contribution is -2.68. The van der Waals surface area contributed by atoms with Gasteiger partial charge < -0.3 is 55.7 Å². The molecule has 0 bridgehead atoms. The number of carbonyl (C=O) groups excluding carboxylic acids is 1. The van der Waals surface area contributed by atoms with Crippen LogP contribution in [0.3, 0.4) is 0 Å². The predicted molar refractivity (Wildman–Crippen MR) is 145 cm³/mol. The van der Waals surface area contributed by atoms with E-state index >= 15 is 0 Å². The van der Waals surface area contributed by atoms with Crippen molar-refractivity contribution in [2.24, 2.45) is 5.73 Å². The van der Waals surface area contributed by atoms with Gasteiger partial charge in [0.15, 0.2) is 12.4 Å². The van der Waals surface area contributed by atoms with E-state index in [4.69, 9.17) is 19.9 Å². The van der Waals surface area contributed by atoms with Crippen molar-refractivity contribution in [3.63, 3.8) is 0 Å². The molecular weight excluding hydrogens is 526 g/mol. The van der Waals surface area contributed by atoms with Crippen molar-refractivity contribution in [1.29, 1.82) is 0 Å². The summed E-state index contributed by atoms with van der Waals surface area (Å²) in [6.45, 7) is 1.55. The van der Waals surface area contributed by atoms with Crippen molar-refractivity contribution in [1.82, 2.24) is 0 Å². The Hall–Kier alpha value is -0.930. The summed E-state index contributed by atoms with van der Waals surface area (Å²) in [4.78, 5) is 12.6. The van der Waals surface area contributed by atoms with Crippen molar-refractivity contribution in [2.45, 2.75) is 164 Å². The Labute approximate surface area is 237 Å². The topological polar surface area (TPSA) is 212 Å². The maximum atomic E-state index is 12.6. The van der Waals surface area contributed by atoms with Gasteiger partial charge in [0.2, 0.25) is 0 Å². The van der Waals surface area contributed by atoms with Gasteiger partial charge in [0.05, 0.1) is 12.6 Å². The molecule has 0 spiro atoms. The number of ether oxygens (including phenoxy) is 3. The average molecular weight is 580 g/mol. The van der Waals surface area contributed by atoms with Crippen LogP contribution in [0.1, 0.15) is 96.8 Å². The first-order valence-corrected chi connectivity index (χ1v) is 15.1. The standard InChI is InChI=1S/C28H53NO11/c1-2-3-4-5-6-7-8-9-10-11-12-13-14-15-18(31)39-26-24(36)22(34)23(35)25(37)27(26)40-28-19(29)21(33)20(32)17(16-30)38-28/h17,19-28,30,32-37H,2-16,29H2,1H3/t17-,19-,20-,21-,22-,23-,24+,25+,26-,27-,28-/m1/s1. The fourth-order valence-electron chi connectivity index (χ4n) is 5.35. The van der Waals surface area contributed by atoms with Gasteiger partial charge in [0, 0.05) is 6.42 Å². The molecule has 12 heteroatoms. The van der Waals surface area contributed by atoms with Crippen LogP contribution in [0, 0.1) is 0 Å². The van der Waals surface area contributed by atoms with Crippen LogP contribution in [0.5, 0.6) is 0 Å². The van der Waals surface area contributed by atoms with Gasteiger partial charge in [-0.25, -0.2) is 0 Å². The van der Waals surface area contributed by atoms with Crippen LogP contribution in [0.2, 0.25) is 0 Å². The number of hydrogen-bond donors (Lipinski definition) is 8. The Bertz CT molecular complexity index is 699. The molecule has 0 radical (unpaired) electrons. The summed E-state index contributed by atoms with van der Waals surface area (Å²) in [5.41, 5.74) is 5.89. The molecule has 0 aromatic rings. The highest BCUT2D eigenvalue weighted by Gasteiger charge is 2.54. The molecule has 1 saturated carbocycles. The molecule has 2 aliphatic rings. The molecule has 0 aromatic heterocycles. The van der Waals surface area contributed by atoms with E-state index in [1.807, 2.05) is 0 Å². The summed E-state index contributed by atoms with van der Waals surface area (Å²) in [6.07, 6.45) is -1.17. The molecule has 0 unspecified atom stereocenters. The summed E-state index contributed by atoms with van der Waals surface area (Å²) in [5.74, 6) is -0.672. The number of unbranched alkanes of at least 4 members (excludes halogenated alkanes) is 12. The van der Waals surface area contributed by atoms with E-state index in [2.05, 4.69) is 6.92 Å². The number of hydrogen-bond acceptors (Lipinski definition) is 12. The van der Waals surface area contributed by atoms with E-state index in [-0.39, 0.29) is 6.42 Å². The third-order valence-corrected chi connectivity index (χ3v) is 8.02. The van der Waals surface area contributed by atoms with Crippen LogP contribution in [-0.4, -0.2) is 116 Å². The zero-order valence-electron chi connectivity index (χ0n) is 23.8. The minimum Gasteiger partial charge on any atom is -0.457 e. The Morgan fingerprint density at radius 1 is 0.675 bits per heavy atom. The molecular formula is C28H53NO11. The van der Waals surface area contributed by atoms with Gasteiger partial charge in [-0.05, 0) is 6.42 Å². The number of aliphatic hydroxyl groups excluding tert-OH is 7. The fraction of sp³-hybridized carbons (Fsp3) is 0.964. The maximum Gasteiger partial charge on any atom is 0.306 e. The minimum absolute atomic E-state index is 0.0549. The van der Waals surface area contributed by atoms with Gasteiger partial charge in [-0.15, -0.1) is 0 Å². The monoisotopic (exact) mass is 579 g/mol. The lowest BCUT2D eigenvalue weighted by Gasteiger charge is -2.47. The molecule has 1 aliphatic heterocycles. The molecule has 40 heavy (non-hydrogen) atoms. The van der Waals surface area contributed by atoms with Crippen LogP contribution in [0.4, 0.5) is 0 Å². The van der Waals surface area contributed by atoms with E-state index in [0.717, 1.165) is 19.3 Å². The van der Waals surface area contributed by atoms with Crippen molar-refractivity contribution >= 4 is 5.97 Å². The van der Waals surface area contributed by atoms with Gasteiger partial charge in [0.25, 0.3) is 0 Å². The third kappa shape index (κ3) is 10.4.